The number of nitrogens with zero attached hydrogens (tertiary/aromatic N) is 2. The van der Waals surface area contributed by atoms with E-state index in [2.05, 4.69) is 10.5 Å². The number of phenolic OH excluding ortho intramolecular Hbond substituents is 1. The summed E-state index contributed by atoms with van der Waals surface area (Å²) in [6.45, 7) is -0.531. The predicted molar refractivity (Wildman–Crippen MR) is 134 cm³/mol. The number of hydrogen-bond donors (Lipinski definition) is 2. The molecule has 0 aliphatic carbocycles. The SMILES string of the molecule is O=C(CN(c1cccc(Cl)c1)S(=O)(=O)c1ccccc1)NN=Cc1c(O)ccc2ccccc12. The third kappa shape index (κ3) is 5.03. The molecule has 0 atom stereocenters. The van der Waals surface area contributed by atoms with E-state index in [1.807, 2.05) is 24.3 Å². The van der Waals surface area contributed by atoms with Crippen LogP contribution in [0.5, 0.6) is 5.75 Å². The van der Waals surface area contributed by atoms with Crippen LogP contribution in [0.1, 0.15) is 5.56 Å². The molecule has 4 aromatic rings. The first kappa shape index (κ1) is 23.3. The number of hydrogen-bond acceptors (Lipinski definition) is 5. The van der Waals surface area contributed by atoms with Gasteiger partial charge in [0.05, 0.1) is 16.8 Å². The number of benzene rings is 4. The van der Waals surface area contributed by atoms with Crippen molar-refractivity contribution >= 4 is 50.2 Å². The molecule has 0 radical (unpaired) electrons. The van der Waals surface area contributed by atoms with Crippen molar-refractivity contribution in [3.8, 4) is 5.75 Å². The molecule has 0 heterocycles. The lowest BCUT2D eigenvalue weighted by molar-refractivity contribution is -0.119. The van der Waals surface area contributed by atoms with Crippen molar-refractivity contribution in [3.05, 3.63) is 102 Å². The second kappa shape index (κ2) is 9.94. The number of amides is 1. The third-order valence-electron chi connectivity index (χ3n) is 5.05. The lowest BCUT2D eigenvalue weighted by atomic mass is 10.0. The number of phenols is 1. The number of carbonyl (C=O) groups excluding carboxylic acids is 1. The molecule has 0 aromatic heterocycles. The molecule has 7 nitrogen and oxygen atoms in total. The highest BCUT2D eigenvalue weighted by Crippen LogP contribution is 2.27. The summed E-state index contributed by atoms with van der Waals surface area (Å²) in [5.74, 6) is -0.667. The number of sulfonamides is 1. The molecular formula is C25H20ClN3O4S. The number of aromatic hydroxyl groups is 1. The smallest absolute Gasteiger partial charge is 0.264 e. The van der Waals surface area contributed by atoms with Gasteiger partial charge in [0.25, 0.3) is 15.9 Å². The minimum absolute atomic E-state index is 0.00362. The Bertz CT molecular complexity index is 1470. The molecule has 34 heavy (non-hydrogen) atoms. The highest BCUT2D eigenvalue weighted by atomic mass is 35.5. The Morgan fingerprint density at radius 3 is 2.47 bits per heavy atom. The van der Waals surface area contributed by atoms with E-state index in [1.165, 1.54) is 24.4 Å². The van der Waals surface area contributed by atoms with Gasteiger partial charge in [-0.1, -0.05) is 66.2 Å². The van der Waals surface area contributed by atoms with Gasteiger partial charge in [-0.25, -0.2) is 13.8 Å². The van der Waals surface area contributed by atoms with Gasteiger partial charge < -0.3 is 5.11 Å². The Hall–Kier alpha value is -3.88. The van der Waals surface area contributed by atoms with Crippen LogP contribution in [-0.2, 0) is 14.8 Å². The summed E-state index contributed by atoms with van der Waals surface area (Å²) in [5.41, 5.74) is 3.01. The molecule has 4 aromatic carbocycles. The molecule has 0 bridgehead atoms. The Kier molecular flexibility index (Phi) is 6.81. The van der Waals surface area contributed by atoms with Crippen LogP contribution in [-0.4, -0.2) is 32.2 Å². The van der Waals surface area contributed by atoms with E-state index >= 15 is 0 Å². The van der Waals surface area contributed by atoms with E-state index < -0.39 is 22.5 Å². The molecule has 0 aliphatic heterocycles. The molecular weight excluding hydrogens is 474 g/mol. The van der Waals surface area contributed by atoms with Crippen LogP contribution in [0.4, 0.5) is 5.69 Å². The van der Waals surface area contributed by atoms with Crippen LogP contribution in [0.25, 0.3) is 10.8 Å². The van der Waals surface area contributed by atoms with E-state index in [9.17, 15) is 18.3 Å². The number of nitrogens with one attached hydrogen (secondary N) is 1. The lowest BCUT2D eigenvalue weighted by Crippen LogP contribution is -2.39. The number of rotatable bonds is 7. The zero-order valence-corrected chi connectivity index (χ0v) is 19.4. The van der Waals surface area contributed by atoms with Gasteiger partial charge in [0, 0.05) is 10.6 Å². The van der Waals surface area contributed by atoms with Gasteiger partial charge in [-0.05, 0) is 47.2 Å². The fourth-order valence-electron chi connectivity index (χ4n) is 3.42. The van der Waals surface area contributed by atoms with Crippen molar-refractivity contribution in [1.82, 2.24) is 5.43 Å². The van der Waals surface area contributed by atoms with E-state index in [4.69, 9.17) is 11.6 Å². The predicted octanol–water partition coefficient (Wildman–Crippen LogP) is 4.54. The first-order valence-electron chi connectivity index (χ1n) is 10.2. The molecule has 0 unspecified atom stereocenters. The highest BCUT2D eigenvalue weighted by Gasteiger charge is 2.27. The molecule has 0 saturated heterocycles. The van der Waals surface area contributed by atoms with Gasteiger partial charge in [0.15, 0.2) is 0 Å². The molecule has 1 amide bonds. The summed E-state index contributed by atoms with van der Waals surface area (Å²) in [6.07, 6.45) is 1.32. The molecule has 172 valence electrons. The van der Waals surface area contributed by atoms with Crippen molar-refractivity contribution in [1.29, 1.82) is 0 Å². The van der Waals surface area contributed by atoms with Crippen LogP contribution < -0.4 is 9.73 Å². The normalized spacial score (nSPS) is 11.6. The van der Waals surface area contributed by atoms with Gasteiger partial charge >= 0.3 is 0 Å². The standard InChI is InChI=1S/C25H20ClN3O4S/c26-19-8-6-9-20(15-19)29(34(32,33)21-10-2-1-3-11-21)17-25(31)28-27-16-23-22-12-5-4-7-18(22)13-14-24(23)30/h1-16,30H,17H2,(H,28,31). The number of carbonyl (C=O) groups is 1. The number of halogens is 1. The Balaban J connectivity index is 1.59. The zero-order chi connectivity index (χ0) is 24.1. The number of anilines is 1. The maximum atomic E-state index is 13.3. The van der Waals surface area contributed by atoms with Gasteiger partial charge in [-0.15, -0.1) is 0 Å². The first-order chi connectivity index (χ1) is 16.4. The minimum atomic E-state index is -4.06. The number of hydrazone groups is 1. The average Bonchev–Trinajstić information content (AvgIpc) is 2.84. The zero-order valence-electron chi connectivity index (χ0n) is 17.8. The van der Waals surface area contributed by atoms with Crippen LogP contribution in [0.3, 0.4) is 0 Å². The fourth-order valence-corrected chi connectivity index (χ4v) is 5.04. The van der Waals surface area contributed by atoms with Gasteiger partial charge in [-0.3, -0.25) is 9.10 Å². The van der Waals surface area contributed by atoms with E-state index in [1.54, 1.807) is 48.5 Å². The number of fused-ring (bicyclic) bond motifs is 1. The lowest BCUT2D eigenvalue weighted by Gasteiger charge is -2.23. The highest BCUT2D eigenvalue weighted by molar-refractivity contribution is 7.92. The van der Waals surface area contributed by atoms with Gasteiger partial charge in [0.1, 0.15) is 12.3 Å². The van der Waals surface area contributed by atoms with Gasteiger partial charge in [-0.2, -0.15) is 5.10 Å². The molecule has 4 rings (SSSR count). The molecule has 0 fully saturated rings. The van der Waals surface area contributed by atoms with Crippen LogP contribution >= 0.6 is 11.6 Å². The fraction of sp³-hybridized carbons (Fsp3) is 0.0400. The monoisotopic (exact) mass is 493 g/mol. The summed E-state index contributed by atoms with van der Waals surface area (Å²) in [5, 5.41) is 16.1. The second-order valence-corrected chi connectivity index (χ2v) is 9.62. The topological polar surface area (TPSA) is 99.1 Å². The first-order valence-corrected chi connectivity index (χ1v) is 12.0. The van der Waals surface area contributed by atoms with Crippen molar-refractivity contribution in [3.63, 3.8) is 0 Å². The average molecular weight is 494 g/mol. The Morgan fingerprint density at radius 1 is 0.971 bits per heavy atom. The maximum Gasteiger partial charge on any atom is 0.264 e. The summed E-state index contributed by atoms with van der Waals surface area (Å²) in [7, 11) is -4.06. The van der Waals surface area contributed by atoms with Crippen molar-refractivity contribution < 1.29 is 18.3 Å². The Morgan fingerprint density at radius 2 is 1.71 bits per heavy atom. The van der Waals surface area contributed by atoms with Crippen LogP contribution in [0.15, 0.2) is 101 Å². The van der Waals surface area contributed by atoms with Crippen molar-refractivity contribution in [2.75, 3.05) is 10.8 Å². The van der Waals surface area contributed by atoms with Crippen LogP contribution in [0, 0.1) is 0 Å². The van der Waals surface area contributed by atoms with Crippen molar-refractivity contribution in [2.24, 2.45) is 5.10 Å². The summed E-state index contributed by atoms with van der Waals surface area (Å²) in [4.78, 5) is 12.7. The Labute approximate surface area is 202 Å². The minimum Gasteiger partial charge on any atom is -0.507 e. The van der Waals surface area contributed by atoms with Gasteiger partial charge in [0.2, 0.25) is 0 Å². The largest absolute Gasteiger partial charge is 0.507 e. The molecule has 2 N–H and O–H groups in total. The van der Waals surface area contributed by atoms with E-state index in [0.29, 0.717) is 10.6 Å². The molecule has 0 saturated carbocycles. The summed E-state index contributed by atoms with van der Waals surface area (Å²) >= 11 is 6.07. The van der Waals surface area contributed by atoms with E-state index in [-0.39, 0.29) is 16.3 Å². The summed E-state index contributed by atoms with van der Waals surface area (Å²) < 4.78 is 27.6. The van der Waals surface area contributed by atoms with E-state index in [0.717, 1.165) is 15.1 Å². The quantitative estimate of drug-likeness (QED) is 0.291. The summed E-state index contributed by atoms with van der Waals surface area (Å²) in [6, 6.07) is 24.8. The van der Waals surface area contributed by atoms with Crippen molar-refractivity contribution in [2.45, 2.75) is 4.90 Å². The second-order valence-electron chi connectivity index (χ2n) is 7.32. The third-order valence-corrected chi connectivity index (χ3v) is 7.07. The van der Waals surface area contributed by atoms with Crippen LogP contribution in [0.2, 0.25) is 5.02 Å². The molecule has 0 spiro atoms. The molecule has 0 aliphatic rings. The maximum absolute atomic E-state index is 13.3. The molecule has 9 heteroatoms.